The number of primary amides is 1. The van der Waals surface area contributed by atoms with Crippen molar-refractivity contribution in [1.29, 1.82) is 0 Å². The van der Waals surface area contributed by atoms with Gasteiger partial charge in [0.15, 0.2) is 0 Å². The summed E-state index contributed by atoms with van der Waals surface area (Å²) >= 11 is 12.1. The van der Waals surface area contributed by atoms with Crippen LogP contribution in [-0.2, 0) is 11.2 Å². The quantitative estimate of drug-likeness (QED) is 0.915. The molecule has 1 amide bonds. The van der Waals surface area contributed by atoms with Gasteiger partial charge < -0.3 is 5.73 Å². The van der Waals surface area contributed by atoms with E-state index >= 15 is 0 Å². The van der Waals surface area contributed by atoms with Crippen LogP contribution >= 0.6 is 23.2 Å². The molecule has 2 N–H and O–H groups in total. The third-order valence-corrected chi connectivity index (χ3v) is 3.53. The molecule has 0 saturated carbocycles. The van der Waals surface area contributed by atoms with Gasteiger partial charge in [-0.1, -0.05) is 53.5 Å². The first-order chi connectivity index (χ1) is 9.08. The average molecular weight is 294 g/mol. The summed E-state index contributed by atoms with van der Waals surface area (Å²) in [5.74, 6) is -0.847. The molecule has 2 rings (SSSR count). The van der Waals surface area contributed by atoms with Gasteiger partial charge in [0.2, 0.25) is 5.91 Å². The van der Waals surface area contributed by atoms with Crippen LogP contribution in [0.5, 0.6) is 0 Å². The van der Waals surface area contributed by atoms with Crippen LogP contribution in [0.2, 0.25) is 10.0 Å². The predicted molar refractivity (Wildman–Crippen MR) is 78.5 cm³/mol. The minimum Gasteiger partial charge on any atom is -0.369 e. The Hall–Kier alpha value is -1.51. The second-order valence-electron chi connectivity index (χ2n) is 4.31. The Morgan fingerprint density at radius 2 is 1.84 bits per heavy atom. The van der Waals surface area contributed by atoms with Crippen molar-refractivity contribution in [3.63, 3.8) is 0 Å². The van der Waals surface area contributed by atoms with E-state index in [1.165, 1.54) is 0 Å². The lowest BCUT2D eigenvalue weighted by atomic mass is 9.91. The largest absolute Gasteiger partial charge is 0.369 e. The van der Waals surface area contributed by atoms with E-state index in [0.717, 1.165) is 11.1 Å². The van der Waals surface area contributed by atoms with Gasteiger partial charge in [-0.3, -0.25) is 4.79 Å². The van der Waals surface area contributed by atoms with Crippen LogP contribution in [0.3, 0.4) is 0 Å². The molecule has 0 spiro atoms. The van der Waals surface area contributed by atoms with Gasteiger partial charge in [-0.2, -0.15) is 0 Å². The molecule has 0 saturated heterocycles. The normalized spacial score (nSPS) is 12.1. The zero-order valence-electron chi connectivity index (χ0n) is 10.1. The SMILES string of the molecule is NC(=O)C(Cc1cccc(Cl)c1)c1ccccc1Cl. The highest BCUT2D eigenvalue weighted by atomic mass is 35.5. The molecule has 0 bridgehead atoms. The number of hydrogen-bond acceptors (Lipinski definition) is 1. The fraction of sp³-hybridized carbons (Fsp3) is 0.133. The van der Waals surface area contributed by atoms with Gasteiger partial charge in [0.1, 0.15) is 0 Å². The van der Waals surface area contributed by atoms with Gasteiger partial charge in [-0.15, -0.1) is 0 Å². The maximum Gasteiger partial charge on any atom is 0.225 e. The van der Waals surface area contributed by atoms with Crippen LogP contribution in [0.1, 0.15) is 17.0 Å². The van der Waals surface area contributed by atoms with Gasteiger partial charge in [0.25, 0.3) is 0 Å². The van der Waals surface area contributed by atoms with Crippen molar-refractivity contribution >= 4 is 29.1 Å². The molecule has 2 aromatic carbocycles. The van der Waals surface area contributed by atoms with E-state index in [0.29, 0.717) is 16.5 Å². The topological polar surface area (TPSA) is 43.1 Å². The maximum absolute atomic E-state index is 11.7. The van der Waals surface area contributed by atoms with Gasteiger partial charge >= 0.3 is 0 Å². The molecular formula is C15H13Cl2NO. The van der Waals surface area contributed by atoms with Crippen molar-refractivity contribution in [3.8, 4) is 0 Å². The number of carbonyl (C=O) groups excluding carboxylic acids is 1. The number of rotatable bonds is 4. The van der Waals surface area contributed by atoms with E-state index in [-0.39, 0.29) is 0 Å². The number of nitrogens with two attached hydrogens (primary N) is 1. The summed E-state index contributed by atoms with van der Waals surface area (Å²) in [5, 5.41) is 1.19. The third-order valence-electron chi connectivity index (χ3n) is 2.95. The Balaban J connectivity index is 2.32. The molecular weight excluding hydrogens is 281 g/mol. The number of halogens is 2. The molecule has 2 nitrogen and oxygen atoms in total. The van der Waals surface area contributed by atoms with Crippen LogP contribution in [0, 0.1) is 0 Å². The Labute approximate surface area is 122 Å². The highest BCUT2D eigenvalue weighted by molar-refractivity contribution is 6.31. The van der Waals surface area contributed by atoms with Gasteiger partial charge in [0.05, 0.1) is 5.92 Å². The Morgan fingerprint density at radius 3 is 2.47 bits per heavy atom. The summed E-state index contributed by atoms with van der Waals surface area (Å²) in [4.78, 5) is 11.7. The molecule has 0 aliphatic rings. The van der Waals surface area contributed by atoms with E-state index in [9.17, 15) is 4.79 Å². The Morgan fingerprint density at radius 1 is 1.11 bits per heavy atom. The first kappa shape index (κ1) is 13.9. The van der Waals surface area contributed by atoms with Gasteiger partial charge in [0, 0.05) is 10.0 Å². The standard InChI is InChI=1S/C15H13Cl2NO/c16-11-5-3-4-10(8-11)9-13(15(18)19)12-6-1-2-7-14(12)17/h1-8,13H,9H2,(H2,18,19). The summed E-state index contributed by atoms with van der Waals surface area (Å²) in [5.41, 5.74) is 7.19. The van der Waals surface area contributed by atoms with Crippen molar-refractivity contribution in [2.45, 2.75) is 12.3 Å². The summed E-state index contributed by atoms with van der Waals surface area (Å²) in [6.45, 7) is 0. The van der Waals surface area contributed by atoms with E-state index in [2.05, 4.69) is 0 Å². The van der Waals surface area contributed by atoms with Crippen molar-refractivity contribution in [3.05, 3.63) is 69.7 Å². The van der Waals surface area contributed by atoms with Gasteiger partial charge in [-0.05, 0) is 35.7 Å². The molecule has 0 aromatic heterocycles. The van der Waals surface area contributed by atoms with Crippen LogP contribution in [0.25, 0.3) is 0 Å². The second kappa shape index (κ2) is 6.09. The third kappa shape index (κ3) is 3.49. The molecule has 0 radical (unpaired) electrons. The summed E-state index contributed by atoms with van der Waals surface area (Å²) in [6, 6.07) is 14.6. The van der Waals surface area contributed by atoms with Crippen LogP contribution in [-0.4, -0.2) is 5.91 Å². The van der Waals surface area contributed by atoms with Crippen LogP contribution in [0.15, 0.2) is 48.5 Å². The lowest BCUT2D eigenvalue weighted by molar-refractivity contribution is -0.119. The molecule has 0 fully saturated rings. The smallest absolute Gasteiger partial charge is 0.225 e. The summed E-state index contributed by atoms with van der Waals surface area (Å²) in [7, 11) is 0. The Bertz CT molecular complexity index is 598. The minimum atomic E-state index is -0.452. The highest BCUT2D eigenvalue weighted by Crippen LogP contribution is 2.28. The average Bonchev–Trinajstić information content (AvgIpc) is 2.37. The number of benzene rings is 2. The summed E-state index contributed by atoms with van der Waals surface area (Å²) in [6.07, 6.45) is 0.486. The number of hydrogen-bond donors (Lipinski definition) is 1. The molecule has 19 heavy (non-hydrogen) atoms. The molecule has 0 heterocycles. The zero-order valence-corrected chi connectivity index (χ0v) is 11.7. The van der Waals surface area contributed by atoms with Crippen LogP contribution < -0.4 is 5.73 Å². The summed E-state index contributed by atoms with van der Waals surface area (Å²) < 4.78 is 0. The lowest BCUT2D eigenvalue weighted by Crippen LogP contribution is -2.23. The van der Waals surface area contributed by atoms with Crippen molar-refractivity contribution in [1.82, 2.24) is 0 Å². The first-order valence-electron chi connectivity index (χ1n) is 5.86. The molecule has 1 unspecified atom stereocenters. The second-order valence-corrected chi connectivity index (χ2v) is 5.15. The number of carbonyl (C=O) groups is 1. The van der Waals surface area contributed by atoms with Crippen molar-refractivity contribution in [2.24, 2.45) is 5.73 Å². The van der Waals surface area contributed by atoms with Gasteiger partial charge in [-0.25, -0.2) is 0 Å². The van der Waals surface area contributed by atoms with E-state index in [1.807, 2.05) is 36.4 Å². The molecule has 98 valence electrons. The highest BCUT2D eigenvalue weighted by Gasteiger charge is 2.20. The van der Waals surface area contributed by atoms with E-state index in [1.54, 1.807) is 12.1 Å². The van der Waals surface area contributed by atoms with Crippen molar-refractivity contribution < 1.29 is 4.79 Å². The lowest BCUT2D eigenvalue weighted by Gasteiger charge is -2.15. The molecule has 1 atom stereocenters. The van der Waals surface area contributed by atoms with E-state index in [4.69, 9.17) is 28.9 Å². The van der Waals surface area contributed by atoms with Crippen molar-refractivity contribution in [2.75, 3.05) is 0 Å². The number of amides is 1. The molecule has 2 aromatic rings. The zero-order chi connectivity index (χ0) is 13.8. The Kier molecular flexibility index (Phi) is 4.46. The molecule has 0 aliphatic heterocycles. The first-order valence-corrected chi connectivity index (χ1v) is 6.61. The fourth-order valence-electron chi connectivity index (χ4n) is 2.02. The van der Waals surface area contributed by atoms with E-state index < -0.39 is 11.8 Å². The maximum atomic E-state index is 11.7. The fourth-order valence-corrected chi connectivity index (χ4v) is 2.50. The molecule has 0 aliphatic carbocycles. The van der Waals surface area contributed by atoms with Crippen LogP contribution in [0.4, 0.5) is 0 Å². The predicted octanol–water partition coefficient (Wildman–Crippen LogP) is 3.81. The monoisotopic (exact) mass is 293 g/mol. The molecule has 4 heteroatoms. The minimum absolute atomic E-state index is 0.395.